The maximum absolute atomic E-state index is 13.7. The third-order valence-electron chi connectivity index (χ3n) is 6.18. The van der Waals surface area contributed by atoms with Crippen molar-refractivity contribution in [3.63, 3.8) is 0 Å². The minimum atomic E-state index is -1.05. The highest BCUT2D eigenvalue weighted by Gasteiger charge is 2.54. The van der Waals surface area contributed by atoms with Crippen LogP contribution in [0.5, 0.6) is 5.75 Å². The van der Waals surface area contributed by atoms with E-state index in [1.807, 2.05) is 67.7 Å². The SMILES string of the molecule is C[N+]1(Oc2cc(F)cc(F)c2)CCC(C(C(N)=O)(c2ccccc2)c2ccccc2)C1. The first-order valence-corrected chi connectivity index (χ1v) is 10.2. The standard InChI is InChI=1S/C25H24F2N2O2/c1-29(31-23-15-21(26)14-22(27)16-23)13-12-20(17-29)25(24(28)30,18-8-4-2-5-9-18)19-10-6-3-7-11-19/h2-11,14-16,20H,12-13,17H2,1H3,(H-,28,30)/p+1. The molecule has 1 saturated heterocycles. The van der Waals surface area contributed by atoms with Crippen LogP contribution in [0, 0.1) is 17.6 Å². The Morgan fingerprint density at radius 1 is 0.968 bits per heavy atom. The average Bonchev–Trinajstić information content (AvgIpc) is 3.11. The Morgan fingerprint density at radius 3 is 1.97 bits per heavy atom. The lowest BCUT2D eigenvalue weighted by Gasteiger charge is -2.37. The van der Waals surface area contributed by atoms with E-state index < -0.39 is 23.0 Å². The topological polar surface area (TPSA) is 52.3 Å². The number of nitrogens with two attached hydrogens (primary N) is 1. The lowest BCUT2D eigenvalue weighted by atomic mass is 9.64. The molecule has 0 aliphatic carbocycles. The summed E-state index contributed by atoms with van der Waals surface area (Å²) in [4.78, 5) is 19.2. The Bertz CT molecular complexity index is 1020. The van der Waals surface area contributed by atoms with E-state index >= 15 is 0 Å². The van der Waals surface area contributed by atoms with Gasteiger partial charge in [-0.05, 0) is 11.1 Å². The summed E-state index contributed by atoms with van der Waals surface area (Å²) >= 11 is 0. The van der Waals surface area contributed by atoms with Crippen molar-refractivity contribution in [1.29, 1.82) is 0 Å². The van der Waals surface area contributed by atoms with E-state index in [9.17, 15) is 13.6 Å². The molecule has 0 saturated carbocycles. The zero-order chi connectivity index (χ0) is 22.1. The molecule has 3 aromatic carbocycles. The molecule has 3 aromatic rings. The van der Waals surface area contributed by atoms with E-state index in [-0.39, 0.29) is 16.3 Å². The molecule has 1 aliphatic heterocycles. The van der Waals surface area contributed by atoms with Crippen LogP contribution in [0.2, 0.25) is 0 Å². The summed E-state index contributed by atoms with van der Waals surface area (Å²) in [5, 5.41) is 0. The zero-order valence-corrected chi connectivity index (χ0v) is 17.3. The van der Waals surface area contributed by atoms with E-state index in [4.69, 9.17) is 10.6 Å². The van der Waals surface area contributed by atoms with E-state index in [2.05, 4.69) is 0 Å². The summed E-state index contributed by atoms with van der Waals surface area (Å²) in [6, 6.07) is 22.2. The predicted molar refractivity (Wildman–Crippen MR) is 114 cm³/mol. The Balaban J connectivity index is 1.74. The fraction of sp³-hybridized carbons (Fsp3) is 0.240. The van der Waals surface area contributed by atoms with Gasteiger partial charge in [-0.25, -0.2) is 8.78 Å². The summed E-state index contributed by atoms with van der Waals surface area (Å²) in [5.74, 6) is -1.88. The molecule has 6 heteroatoms. The molecule has 0 spiro atoms. The van der Waals surface area contributed by atoms with Gasteiger partial charge < -0.3 is 10.6 Å². The molecule has 2 atom stereocenters. The maximum Gasteiger partial charge on any atom is 0.233 e. The van der Waals surface area contributed by atoms with Gasteiger partial charge in [0.05, 0.1) is 0 Å². The van der Waals surface area contributed by atoms with Crippen molar-refractivity contribution in [3.05, 3.63) is 102 Å². The monoisotopic (exact) mass is 423 g/mol. The summed E-state index contributed by atoms with van der Waals surface area (Å²) in [6.07, 6.45) is 0.654. The first-order valence-electron chi connectivity index (χ1n) is 10.2. The van der Waals surface area contributed by atoms with Crippen LogP contribution in [-0.2, 0) is 10.2 Å². The van der Waals surface area contributed by atoms with Gasteiger partial charge in [0.15, 0.2) is 5.75 Å². The number of amides is 1. The minimum absolute atomic E-state index is 0.0856. The van der Waals surface area contributed by atoms with Gasteiger partial charge in [-0.2, -0.15) is 0 Å². The number of nitrogens with zero attached hydrogens (tertiary/aromatic N) is 1. The van der Waals surface area contributed by atoms with Gasteiger partial charge in [0.1, 0.15) is 37.2 Å². The third-order valence-corrected chi connectivity index (χ3v) is 6.18. The summed E-state index contributed by atoms with van der Waals surface area (Å²) in [5.41, 5.74) is 6.71. The predicted octanol–water partition coefficient (Wildman–Crippen LogP) is 4.20. The molecule has 1 aliphatic rings. The molecule has 0 bridgehead atoms. The van der Waals surface area contributed by atoms with Crippen LogP contribution >= 0.6 is 0 Å². The van der Waals surface area contributed by atoms with Crippen molar-refractivity contribution in [2.45, 2.75) is 11.8 Å². The summed E-state index contributed by atoms with van der Waals surface area (Å²) < 4.78 is 27.4. The molecule has 160 valence electrons. The number of benzene rings is 3. The second-order valence-electron chi connectivity index (χ2n) is 8.29. The molecule has 4 rings (SSSR count). The molecule has 2 unspecified atom stereocenters. The molecule has 0 radical (unpaired) electrons. The fourth-order valence-electron chi connectivity index (χ4n) is 4.88. The molecular weight excluding hydrogens is 398 g/mol. The number of primary amides is 1. The largest absolute Gasteiger partial charge is 0.369 e. The smallest absolute Gasteiger partial charge is 0.233 e. The number of hydrogen-bond donors (Lipinski definition) is 1. The minimum Gasteiger partial charge on any atom is -0.369 e. The van der Waals surface area contributed by atoms with Gasteiger partial charge in [0, 0.05) is 30.5 Å². The molecular formula is C25H25F2N2O2+. The number of rotatable bonds is 6. The van der Waals surface area contributed by atoms with Gasteiger partial charge in [-0.15, -0.1) is 4.65 Å². The number of carbonyl (C=O) groups is 1. The number of quaternary nitrogens is 1. The molecule has 1 amide bonds. The Morgan fingerprint density at radius 2 is 1.48 bits per heavy atom. The first kappa shape index (κ1) is 21.0. The van der Waals surface area contributed by atoms with Crippen molar-refractivity contribution in [3.8, 4) is 5.75 Å². The van der Waals surface area contributed by atoms with Crippen molar-refractivity contribution in [1.82, 2.24) is 0 Å². The number of carbonyl (C=O) groups excluding carboxylic acids is 1. The second kappa shape index (κ2) is 8.12. The molecule has 31 heavy (non-hydrogen) atoms. The highest BCUT2D eigenvalue weighted by atomic mass is 19.1. The van der Waals surface area contributed by atoms with E-state index in [0.717, 1.165) is 29.3 Å². The molecule has 1 fully saturated rings. The number of hydroxylamine groups is 3. The molecule has 4 nitrogen and oxygen atoms in total. The van der Waals surface area contributed by atoms with Crippen molar-refractivity contribution < 1.29 is 23.1 Å². The van der Waals surface area contributed by atoms with Gasteiger partial charge in [0.25, 0.3) is 0 Å². The van der Waals surface area contributed by atoms with Crippen molar-refractivity contribution in [2.24, 2.45) is 11.7 Å². The van der Waals surface area contributed by atoms with Crippen molar-refractivity contribution >= 4 is 5.91 Å². The summed E-state index contributed by atoms with van der Waals surface area (Å²) in [7, 11) is 1.85. The average molecular weight is 423 g/mol. The lowest BCUT2D eigenvalue weighted by Crippen LogP contribution is -2.52. The maximum atomic E-state index is 13.7. The van der Waals surface area contributed by atoms with Crippen LogP contribution in [0.25, 0.3) is 0 Å². The highest BCUT2D eigenvalue weighted by molar-refractivity contribution is 5.91. The highest BCUT2D eigenvalue weighted by Crippen LogP contribution is 2.45. The second-order valence-corrected chi connectivity index (χ2v) is 8.29. The normalized spacial score (nSPS) is 21.1. The quantitative estimate of drug-likeness (QED) is 0.605. The molecule has 2 N–H and O–H groups in total. The number of halogens is 2. The van der Waals surface area contributed by atoms with Crippen LogP contribution < -0.4 is 10.6 Å². The van der Waals surface area contributed by atoms with Gasteiger partial charge in [0.2, 0.25) is 5.91 Å². The number of hydrogen-bond acceptors (Lipinski definition) is 2. The Labute approximate surface area is 180 Å². The van der Waals surface area contributed by atoms with E-state index in [1.165, 1.54) is 0 Å². The Kier molecular flexibility index (Phi) is 5.50. The van der Waals surface area contributed by atoms with E-state index in [1.54, 1.807) is 0 Å². The third kappa shape index (κ3) is 3.91. The zero-order valence-electron chi connectivity index (χ0n) is 17.3. The number of likely N-dealkylation sites (tertiary alicyclic amines) is 1. The summed E-state index contributed by atoms with van der Waals surface area (Å²) in [6.45, 7) is 1.02. The molecule has 0 aromatic heterocycles. The fourth-order valence-corrected chi connectivity index (χ4v) is 4.88. The molecule has 1 heterocycles. The lowest BCUT2D eigenvalue weighted by molar-refractivity contribution is -1.06. The van der Waals surface area contributed by atoms with Gasteiger partial charge in [-0.3, -0.25) is 4.79 Å². The Hall–Kier alpha value is -3.25. The first-order chi connectivity index (χ1) is 14.8. The van der Waals surface area contributed by atoms with Crippen LogP contribution in [0.3, 0.4) is 0 Å². The van der Waals surface area contributed by atoms with Crippen molar-refractivity contribution in [2.75, 3.05) is 20.1 Å². The van der Waals surface area contributed by atoms with Crippen LogP contribution in [0.4, 0.5) is 8.78 Å². The van der Waals surface area contributed by atoms with Crippen LogP contribution in [0.15, 0.2) is 78.9 Å². The van der Waals surface area contributed by atoms with E-state index in [0.29, 0.717) is 19.5 Å². The van der Waals surface area contributed by atoms with Crippen LogP contribution in [-0.4, -0.2) is 30.7 Å². The van der Waals surface area contributed by atoms with Gasteiger partial charge >= 0.3 is 0 Å². The van der Waals surface area contributed by atoms with Crippen LogP contribution in [0.1, 0.15) is 17.5 Å². The van der Waals surface area contributed by atoms with Gasteiger partial charge in [-0.1, -0.05) is 60.7 Å².